The lowest BCUT2D eigenvalue weighted by Crippen LogP contribution is -2.05. The van der Waals surface area contributed by atoms with E-state index in [1.807, 2.05) is 13.1 Å². The highest BCUT2D eigenvalue weighted by atomic mass is 16.5. The van der Waals surface area contributed by atoms with Gasteiger partial charge in [-0.1, -0.05) is 0 Å². The van der Waals surface area contributed by atoms with Crippen LogP contribution in [0.15, 0.2) is 24.8 Å². The van der Waals surface area contributed by atoms with E-state index < -0.39 is 0 Å². The summed E-state index contributed by atoms with van der Waals surface area (Å²) in [4.78, 5) is 19.3. The van der Waals surface area contributed by atoms with Gasteiger partial charge in [-0.2, -0.15) is 5.10 Å². The molecule has 0 amide bonds. The predicted molar refractivity (Wildman–Crippen MR) is 69.2 cm³/mol. The standard InChI is InChI=1S/C13H16N4O2/c1-3-19-13(18)5-4-11-6-12(17(2)16-11)10-7-14-9-15-8-10/h6-9H,3-5H2,1-2H3. The third-order valence-electron chi connectivity index (χ3n) is 2.68. The first-order chi connectivity index (χ1) is 9.20. The van der Waals surface area contributed by atoms with Gasteiger partial charge in [-0.05, 0) is 13.0 Å². The molecule has 19 heavy (non-hydrogen) atoms. The largest absolute Gasteiger partial charge is 0.466 e. The summed E-state index contributed by atoms with van der Waals surface area (Å²) < 4.78 is 6.65. The SMILES string of the molecule is CCOC(=O)CCc1cc(-c2cncnc2)n(C)n1. The van der Waals surface area contributed by atoms with Gasteiger partial charge in [0.2, 0.25) is 0 Å². The van der Waals surface area contributed by atoms with E-state index in [2.05, 4.69) is 15.1 Å². The molecular weight excluding hydrogens is 244 g/mol. The Hall–Kier alpha value is -2.24. The molecule has 0 atom stereocenters. The van der Waals surface area contributed by atoms with Crippen molar-refractivity contribution in [2.24, 2.45) is 7.05 Å². The lowest BCUT2D eigenvalue weighted by molar-refractivity contribution is -0.143. The molecule has 0 saturated heterocycles. The Morgan fingerprint density at radius 3 is 2.79 bits per heavy atom. The maximum Gasteiger partial charge on any atom is 0.306 e. The molecule has 2 rings (SSSR count). The van der Waals surface area contributed by atoms with Crippen LogP contribution in [0, 0.1) is 0 Å². The second kappa shape index (κ2) is 6.08. The topological polar surface area (TPSA) is 69.9 Å². The molecule has 2 heterocycles. The summed E-state index contributed by atoms with van der Waals surface area (Å²) in [6, 6.07) is 1.94. The van der Waals surface area contributed by atoms with Crippen LogP contribution >= 0.6 is 0 Å². The lowest BCUT2D eigenvalue weighted by Gasteiger charge is -1.98. The van der Waals surface area contributed by atoms with Crippen molar-refractivity contribution >= 4 is 5.97 Å². The average molecular weight is 260 g/mol. The monoisotopic (exact) mass is 260 g/mol. The number of carbonyl (C=O) groups excluding carboxylic acids is 1. The van der Waals surface area contributed by atoms with Crippen molar-refractivity contribution in [2.75, 3.05) is 6.61 Å². The number of aromatic nitrogens is 4. The van der Waals surface area contributed by atoms with Crippen molar-refractivity contribution in [3.8, 4) is 11.3 Å². The normalized spacial score (nSPS) is 10.4. The van der Waals surface area contributed by atoms with E-state index in [1.165, 1.54) is 6.33 Å². The quantitative estimate of drug-likeness (QED) is 0.759. The summed E-state index contributed by atoms with van der Waals surface area (Å²) in [7, 11) is 1.86. The fraction of sp³-hybridized carbons (Fsp3) is 0.385. The highest BCUT2D eigenvalue weighted by Crippen LogP contribution is 2.18. The molecule has 0 spiro atoms. The van der Waals surface area contributed by atoms with Gasteiger partial charge in [0.05, 0.1) is 24.4 Å². The highest BCUT2D eigenvalue weighted by molar-refractivity contribution is 5.69. The van der Waals surface area contributed by atoms with Gasteiger partial charge < -0.3 is 4.74 Å². The Labute approximate surface area is 111 Å². The molecule has 0 aliphatic rings. The van der Waals surface area contributed by atoms with Crippen LogP contribution in [-0.2, 0) is 23.0 Å². The van der Waals surface area contributed by atoms with Crippen molar-refractivity contribution < 1.29 is 9.53 Å². The molecule has 0 saturated carbocycles. The van der Waals surface area contributed by atoms with Gasteiger partial charge in [0.1, 0.15) is 6.33 Å². The Bertz CT molecular complexity index is 551. The van der Waals surface area contributed by atoms with Crippen LogP contribution in [0.2, 0.25) is 0 Å². The van der Waals surface area contributed by atoms with Crippen LogP contribution in [0.4, 0.5) is 0 Å². The van der Waals surface area contributed by atoms with E-state index in [4.69, 9.17) is 4.74 Å². The van der Waals surface area contributed by atoms with Crippen molar-refractivity contribution in [3.05, 3.63) is 30.5 Å². The number of rotatable bonds is 5. The maximum atomic E-state index is 11.3. The smallest absolute Gasteiger partial charge is 0.306 e. The number of ether oxygens (including phenoxy) is 1. The molecule has 0 radical (unpaired) electrons. The van der Waals surface area contributed by atoms with E-state index in [9.17, 15) is 4.79 Å². The minimum absolute atomic E-state index is 0.197. The first-order valence-electron chi connectivity index (χ1n) is 6.14. The molecule has 0 N–H and O–H groups in total. The number of aryl methyl sites for hydroxylation is 2. The van der Waals surface area contributed by atoms with Crippen molar-refractivity contribution in [2.45, 2.75) is 19.8 Å². The van der Waals surface area contributed by atoms with Crippen LogP contribution in [0.25, 0.3) is 11.3 Å². The van der Waals surface area contributed by atoms with Gasteiger partial charge in [-0.3, -0.25) is 9.48 Å². The second-order valence-corrected chi connectivity index (χ2v) is 4.08. The Balaban J connectivity index is 2.07. The Morgan fingerprint density at radius 2 is 2.11 bits per heavy atom. The van der Waals surface area contributed by atoms with Gasteiger partial charge in [-0.25, -0.2) is 9.97 Å². The van der Waals surface area contributed by atoms with Crippen molar-refractivity contribution in [1.29, 1.82) is 0 Å². The third-order valence-corrected chi connectivity index (χ3v) is 2.68. The number of carbonyl (C=O) groups is 1. The van der Waals surface area contributed by atoms with Gasteiger partial charge >= 0.3 is 5.97 Å². The average Bonchev–Trinajstić information content (AvgIpc) is 2.79. The molecule has 0 aliphatic carbocycles. The minimum Gasteiger partial charge on any atom is -0.466 e. The molecule has 0 bridgehead atoms. The van der Waals surface area contributed by atoms with Crippen LogP contribution < -0.4 is 0 Å². The van der Waals surface area contributed by atoms with E-state index in [0.29, 0.717) is 19.4 Å². The first-order valence-corrected chi connectivity index (χ1v) is 6.14. The van der Waals surface area contributed by atoms with Gasteiger partial charge in [0, 0.05) is 31.4 Å². The Morgan fingerprint density at radius 1 is 1.37 bits per heavy atom. The fourth-order valence-corrected chi connectivity index (χ4v) is 1.81. The molecule has 0 unspecified atom stereocenters. The van der Waals surface area contributed by atoms with Crippen LogP contribution in [0.1, 0.15) is 19.0 Å². The van der Waals surface area contributed by atoms with E-state index in [1.54, 1.807) is 24.0 Å². The zero-order chi connectivity index (χ0) is 13.7. The summed E-state index contributed by atoms with van der Waals surface area (Å²) in [5.74, 6) is -0.197. The summed E-state index contributed by atoms with van der Waals surface area (Å²) in [6.45, 7) is 2.21. The molecule has 0 fully saturated rings. The number of nitrogens with zero attached hydrogens (tertiary/aromatic N) is 4. The van der Waals surface area contributed by atoms with Crippen LogP contribution in [-0.4, -0.2) is 32.3 Å². The predicted octanol–water partition coefficient (Wildman–Crippen LogP) is 1.37. The highest BCUT2D eigenvalue weighted by Gasteiger charge is 2.10. The van der Waals surface area contributed by atoms with Gasteiger partial charge in [-0.15, -0.1) is 0 Å². The lowest BCUT2D eigenvalue weighted by atomic mass is 10.2. The summed E-state index contributed by atoms with van der Waals surface area (Å²) in [5, 5.41) is 4.37. The maximum absolute atomic E-state index is 11.3. The zero-order valence-corrected chi connectivity index (χ0v) is 11.0. The van der Waals surface area contributed by atoms with E-state index in [0.717, 1.165) is 17.0 Å². The number of hydrogen-bond donors (Lipinski definition) is 0. The molecular formula is C13H16N4O2. The molecule has 6 heteroatoms. The number of esters is 1. The van der Waals surface area contributed by atoms with Crippen molar-refractivity contribution in [3.63, 3.8) is 0 Å². The Kier molecular flexibility index (Phi) is 4.22. The summed E-state index contributed by atoms with van der Waals surface area (Å²) >= 11 is 0. The first kappa shape index (κ1) is 13.2. The minimum atomic E-state index is -0.197. The van der Waals surface area contributed by atoms with Crippen LogP contribution in [0.3, 0.4) is 0 Å². The van der Waals surface area contributed by atoms with Gasteiger partial charge in [0.15, 0.2) is 0 Å². The molecule has 0 aromatic carbocycles. The molecule has 6 nitrogen and oxygen atoms in total. The van der Waals surface area contributed by atoms with E-state index >= 15 is 0 Å². The fourth-order valence-electron chi connectivity index (χ4n) is 1.81. The molecule has 0 aliphatic heterocycles. The third kappa shape index (κ3) is 3.37. The summed E-state index contributed by atoms with van der Waals surface area (Å²) in [5.41, 5.74) is 2.69. The molecule has 2 aromatic rings. The van der Waals surface area contributed by atoms with Crippen LogP contribution in [0.5, 0.6) is 0 Å². The zero-order valence-electron chi connectivity index (χ0n) is 11.0. The second-order valence-electron chi connectivity index (χ2n) is 4.08. The number of hydrogen-bond acceptors (Lipinski definition) is 5. The van der Waals surface area contributed by atoms with Gasteiger partial charge in [0.25, 0.3) is 0 Å². The molecule has 2 aromatic heterocycles. The van der Waals surface area contributed by atoms with Crippen molar-refractivity contribution in [1.82, 2.24) is 19.7 Å². The summed E-state index contributed by atoms with van der Waals surface area (Å²) in [6.07, 6.45) is 5.87. The van der Waals surface area contributed by atoms with E-state index in [-0.39, 0.29) is 5.97 Å². The molecule has 100 valence electrons.